The fourth-order valence-corrected chi connectivity index (χ4v) is 4.36. The number of benzene rings is 3. The second-order valence-corrected chi connectivity index (χ2v) is 8.24. The van der Waals surface area contributed by atoms with Gasteiger partial charge in [0.05, 0.1) is 14.2 Å². The van der Waals surface area contributed by atoms with Crippen molar-refractivity contribution in [3.05, 3.63) is 83.4 Å². The van der Waals surface area contributed by atoms with Gasteiger partial charge in [-0.05, 0) is 49.2 Å². The summed E-state index contributed by atoms with van der Waals surface area (Å²) in [5.41, 5.74) is 5.66. The molecule has 0 fully saturated rings. The zero-order chi connectivity index (χ0) is 21.8. The van der Waals surface area contributed by atoms with Crippen molar-refractivity contribution in [3.63, 3.8) is 0 Å². The summed E-state index contributed by atoms with van der Waals surface area (Å²) < 4.78 is 13.0. The van der Waals surface area contributed by atoms with E-state index in [4.69, 9.17) is 9.47 Å². The topological polar surface area (TPSA) is 49.2 Å². The Morgan fingerprint density at radius 3 is 2.16 bits per heavy atom. The lowest BCUT2D eigenvalue weighted by atomic mass is 10.1. The van der Waals surface area contributed by atoms with Crippen molar-refractivity contribution >= 4 is 11.8 Å². The first kappa shape index (κ1) is 21.0. The molecule has 5 nitrogen and oxygen atoms in total. The van der Waals surface area contributed by atoms with Gasteiger partial charge in [-0.3, -0.25) is 4.57 Å². The fourth-order valence-electron chi connectivity index (χ4n) is 3.33. The van der Waals surface area contributed by atoms with Crippen molar-refractivity contribution in [1.29, 1.82) is 0 Å². The maximum absolute atomic E-state index is 5.46. The van der Waals surface area contributed by atoms with Crippen molar-refractivity contribution in [2.45, 2.75) is 24.8 Å². The Hall–Kier alpha value is -3.25. The highest BCUT2D eigenvalue weighted by Crippen LogP contribution is 2.34. The van der Waals surface area contributed by atoms with E-state index in [0.717, 1.165) is 28.0 Å². The Morgan fingerprint density at radius 1 is 0.839 bits per heavy atom. The summed E-state index contributed by atoms with van der Waals surface area (Å²) in [5.74, 6) is 2.98. The van der Waals surface area contributed by atoms with Crippen molar-refractivity contribution in [3.8, 4) is 28.6 Å². The number of ether oxygens (including phenoxy) is 2. The molecule has 0 N–H and O–H groups in total. The molecule has 0 spiro atoms. The molecule has 0 unspecified atom stereocenters. The third-order valence-corrected chi connectivity index (χ3v) is 6.13. The standard InChI is InChI=1S/C25H25N3O2S/c1-17-9-11-21(12-10-17)28-24(20-13-22(29-3)15-23(14-20)30-4)26-27-25(28)31-16-19-8-6-5-7-18(19)2/h5-15H,16H2,1-4H3. The first-order chi connectivity index (χ1) is 15.1. The molecule has 1 heterocycles. The van der Waals surface area contributed by atoms with Gasteiger partial charge in [-0.1, -0.05) is 53.7 Å². The average molecular weight is 432 g/mol. The quantitative estimate of drug-likeness (QED) is 0.343. The van der Waals surface area contributed by atoms with E-state index in [9.17, 15) is 0 Å². The smallest absolute Gasteiger partial charge is 0.196 e. The number of hydrogen-bond acceptors (Lipinski definition) is 5. The Bertz CT molecular complexity index is 1160. The normalized spacial score (nSPS) is 10.8. The van der Waals surface area contributed by atoms with Crippen LogP contribution in [-0.2, 0) is 5.75 Å². The maximum Gasteiger partial charge on any atom is 0.196 e. The lowest BCUT2D eigenvalue weighted by Gasteiger charge is -2.13. The zero-order valence-corrected chi connectivity index (χ0v) is 18.9. The van der Waals surface area contributed by atoms with Crippen molar-refractivity contribution < 1.29 is 9.47 Å². The van der Waals surface area contributed by atoms with Crippen LogP contribution in [0.4, 0.5) is 0 Å². The largest absolute Gasteiger partial charge is 0.497 e. The van der Waals surface area contributed by atoms with Crippen LogP contribution in [0.2, 0.25) is 0 Å². The van der Waals surface area contributed by atoms with Crippen molar-refractivity contribution in [2.75, 3.05) is 14.2 Å². The number of aryl methyl sites for hydroxylation is 2. The van der Waals surface area contributed by atoms with E-state index in [1.165, 1.54) is 16.7 Å². The highest BCUT2D eigenvalue weighted by Gasteiger charge is 2.18. The molecule has 4 aromatic rings. The number of methoxy groups -OCH3 is 2. The number of aromatic nitrogens is 3. The first-order valence-electron chi connectivity index (χ1n) is 10.0. The Morgan fingerprint density at radius 2 is 1.52 bits per heavy atom. The lowest BCUT2D eigenvalue weighted by molar-refractivity contribution is 0.394. The van der Waals surface area contributed by atoms with Gasteiger partial charge in [0.15, 0.2) is 11.0 Å². The van der Waals surface area contributed by atoms with E-state index in [1.807, 2.05) is 18.2 Å². The van der Waals surface area contributed by atoms with Gasteiger partial charge < -0.3 is 9.47 Å². The summed E-state index contributed by atoms with van der Waals surface area (Å²) in [7, 11) is 3.29. The Balaban J connectivity index is 1.79. The number of hydrogen-bond donors (Lipinski definition) is 0. The van der Waals surface area contributed by atoms with E-state index < -0.39 is 0 Å². The number of rotatable bonds is 7. The second-order valence-electron chi connectivity index (χ2n) is 7.29. The molecule has 0 aliphatic rings. The molecular weight excluding hydrogens is 406 g/mol. The molecule has 6 heteroatoms. The van der Waals surface area contributed by atoms with E-state index in [1.54, 1.807) is 26.0 Å². The van der Waals surface area contributed by atoms with Gasteiger partial charge in [-0.25, -0.2) is 0 Å². The Labute approximate surface area is 187 Å². The molecule has 0 amide bonds. The summed E-state index contributed by atoms with van der Waals surface area (Å²) in [6.07, 6.45) is 0. The molecule has 4 rings (SSSR count). The molecule has 0 saturated heterocycles. The van der Waals surface area contributed by atoms with Gasteiger partial charge in [-0.2, -0.15) is 0 Å². The van der Waals surface area contributed by atoms with Crippen molar-refractivity contribution in [2.24, 2.45) is 0 Å². The molecule has 1 aromatic heterocycles. The SMILES string of the molecule is COc1cc(OC)cc(-c2nnc(SCc3ccccc3C)n2-c2ccc(C)cc2)c1. The lowest BCUT2D eigenvalue weighted by Crippen LogP contribution is -2.01. The highest BCUT2D eigenvalue weighted by molar-refractivity contribution is 7.98. The maximum atomic E-state index is 5.46. The summed E-state index contributed by atoms with van der Waals surface area (Å²) in [4.78, 5) is 0. The predicted molar refractivity (Wildman–Crippen MR) is 125 cm³/mol. The number of nitrogens with zero attached hydrogens (tertiary/aromatic N) is 3. The monoisotopic (exact) mass is 431 g/mol. The summed E-state index contributed by atoms with van der Waals surface area (Å²) in [6.45, 7) is 4.21. The molecule has 0 atom stereocenters. The van der Waals surface area contributed by atoms with Crippen LogP contribution in [0.5, 0.6) is 11.5 Å². The van der Waals surface area contributed by atoms with Crippen LogP contribution in [0.15, 0.2) is 71.9 Å². The average Bonchev–Trinajstić information content (AvgIpc) is 3.22. The molecule has 0 saturated carbocycles. The van der Waals surface area contributed by atoms with Crippen LogP contribution in [0, 0.1) is 13.8 Å². The van der Waals surface area contributed by atoms with E-state index in [-0.39, 0.29) is 0 Å². The number of thioether (sulfide) groups is 1. The van der Waals surface area contributed by atoms with Gasteiger partial charge in [0.2, 0.25) is 0 Å². The minimum atomic E-state index is 0.710. The summed E-state index contributed by atoms with van der Waals surface area (Å²) in [6, 6.07) is 22.6. The summed E-state index contributed by atoms with van der Waals surface area (Å²) >= 11 is 1.68. The van der Waals surface area contributed by atoms with Gasteiger partial charge in [0, 0.05) is 23.1 Å². The van der Waals surface area contributed by atoms with Crippen molar-refractivity contribution in [1.82, 2.24) is 14.8 Å². The summed E-state index contributed by atoms with van der Waals surface area (Å²) in [5, 5.41) is 9.93. The van der Waals surface area contributed by atoms with E-state index >= 15 is 0 Å². The van der Waals surface area contributed by atoms with Crippen LogP contribution >= 0.6 is 11.8 Å². The van der Waals surface area contributed by atoms with Crippen LogP contribution < -0.4 is 9.47 Å². The van der Waals surface area contributed by atoms with Crippen LogP contribution in [-0.4, -0.2) is 29.0 Å². The van der Waals surface area contributed by atoms with Gasteiger partial charge in [0.25, 0.3) is 0 Å². The third-order valence-electron chi connectivity index (χ3n) is 5.15. The van der Waals surface area contributed by atoms with Gasteiger partial charge in [-0.15, -0.1) is 10.2 Å². The van der Waals surface area contributed by atoms with Crippen LogP contribution in [0.3, 0.4) is 0 Å². The molecule has 0 aliphatic carbocycles. The Kier molecular flexibility index (Phi) is 6.28. The second kappa shape index (κ2) is 9.27. The molecule has 0 aliphatic heterocycles. The minimum Gasteiger partial charge on any atom is -0.497 e. The molecule has 31 heavy (non-hydrogen) atoms. The molecule has 3 aromatic carbocycles. The van der Waals surface area contributed by atoms with E-state index in [0.29, 0.717) is 11.5 Å². The molecule has 0 bridgehead atoms. The third kappa shape index (κ3) is 4.59. The minimum absolute atomic E-state index is 0.710. The molecule has 158 valence electrons. The van der Waals surface area contributed by atoms with Gasteiger partial charge >= 0.3 is 0 Å². The fraction of sp³-hybridized carbons (Fsp3) is 0.200. The molecular formula is C25H25N3O2S. The van der Waals surface area contributed by atoms with Gasteiger partial charge in [0.1, 0.15) is 11.5 Å². The highest BCUT2D eigenvalue weighted by atomic mass is 32.2. The van der Waals surface area contributed by atoms with Crippen LogP contribution in [0.1, 0.15) is 16.7 Å². The zero-order valence-electron chi connectivity index (χ0n) is 18.1. The van der Waals surface area contributed by atoms with Crippen LogP contribution in [0.25, 0.3) is 17.1 Å². The predicted octanol–water partition coefficient (Wildman–Crippen LogP) is 5.86. The van der Waals surface area contributed by atoms with E-state index in [2.05, 4.69) is 77.1 Å². The first-order valence-corrected chi connectivity index (χ1v) is 11.0. The molecule has 0 radical (unpaired) electrons.